The van der Waals surface area contributed by atoms with Crippen LogP contribution in [0.1, 0.15) is 51.3 Å². The second-order valence-electron chi connectivity index (χ2n) is 5.09. The van der Waals surface area contributed by atoms with Gasteiger partial charge < -0.3 is 10.2 Å². The Kier molecular flexibility index (Phi) is 4.39. The Morgan fingerprint density at radius 3 is 2.67 bits per heavy atom. The van der Waals surface area contributed by atoms with Gasteiger partial charge in [0.2, 0.25) is 0 Å². The summed E-state index contributed by atoms with van der Waals surface area (Å²) in [5, 5.41) is 3.38. The van der Waals surface area contributed by atoms with Gasteiger partial charge in [0.25, 0.3) is 0 Å². The molecule has 18 heavy (non-hydrogen) atoms. The zero-order chi connectivity index (χ0) is 13.0. The van der Waals surface area contributed by atoms with Crippen LogP contribution in [0, 0.1) is 0 Å². The third kappa shape index (κ3) is 3.34. The zero-order valence-corrected chi connectivity index (χ0v) is 11.7. The molecular formula is C14H24N4. The van der Waals surface area contributed by atoms with E-state index in [0.29, 0.717) is 5.92 Å². The highest BCUT2D eigenvalue weighted by Gasteiger charge is 2.27. The lowest BCUT2D eigenvalue weighted by atomic mass is 10.3. The Morgan fingerprint density at radius 2 is 2.06 bits per heavy atom. The molecule has 1 saturated carbocycles. The summed E-state index contributed by atoms with van der Waals surface area (Å²) in [5.41, 5.74) is 0. The molecule has 0 aromatic carbocycles. The predicted molar refractivity (Wildman–Crippen MR) is 76.3 cm³/mol. The standard InChI is InChI=1S/C14H24N4/c1-4-8-15-12-10-13(18(3)9-5-2)17-14(16-12)11-6-7-11/h10-11H,4-9H2,1-3H3,(H,15,16,17). The zero-order valence-electron chi connectivity index (χ0n) is 11.7. The summed E-state index contributed by atoms with van der Waals surface area (Å²) in [5.74, 6) is 3.65. The van der Waals surface area contributed by atoms with Crippen molar-refractivity contribution in [1.29, 1.82) is 0 Å². The molecule has 0 bridgehead atoms. The van der Waals surface area contributed by atoms with Crippen LogP contribution in [0.4, 0.5) is 11.6 Å². The van der Waals surface area contributed by atoms with Crippen molar-refractivity contribution in [3.63, 3.8) is 0 Å². The normalized spacial score (nSPS) is 14.6. The lowest BCUT2D eigenvalue weighted by molar-refractivity contribution is 0.817. The molecule has 0 spiro atoms. The number of rotatable bonds is 7. The third-order valence-corrected chi connectivity index (χ3v) is 3.18. The number of hydrogen-bond acceptors (Lipinski definition) is 4. The van der Waals surface area contributed by atoms with Crippen LogP contribution < -0.4 is 10.2 Å². The van der Waals surface area contributed by atoms with Crippen LogP contribution in [0.5, 0.6) is 0 Å². The van der Waals surface area contributed by atoms with Gasteiger partial charge in [0.1, 0.15) is 17.5 Å². The minimum absolute atomic E-state index is 0.599. The quantitative estimate of drug-likeness (QED) is 0.805. The van der Waals surface area contributed by atoms with E-state index in [4.69, 9.17) is 4.98 Å². The Labute approximate surface area is 110 Å². The summed E-state index contributed by atoms with van der Waals surface area (Å²) in [4.78, 5) is 11.5. The maximum absolute atomic E-state index is 4.70. The molecule has 0 amide bonds. The van der Waals surface area contributed by atoms with Gasteiger partial charge in [-0.2, -0.15) is 0 Å². The van der Waals surface area contributed by atoms with Crippen molar-refractivity contribution >= 4 is 11.6 Å². The first-order valence-corrected chi connectivity index (χ1v) is 7.08. The number of aromatic nitrogens is 2. The van der Waals surface area contributed by atoms with E-state index in [2.05, 4.69) is 42.2 Å². The lowest BCUT2D eigenvalue weighted by Gasteiger charge is -2.19. The molecule has 1 heterocycles. The minimum Gasteiger partial charge on any atom is -0.370 e. The van der Waals surface area contributed by atoms with Gasteiger partial charge in [0.15, 0.2) is 0 Å². The third-order valence-electron chi connectivity index (χ3n) is 3.18. The summed E-state index contributed by atoms with van der Waals surface area (Å²) in [6.45, 7) is 6.36. The topological polar surface area (TPSA) is 41.0 Å². The van der Waals surface area contributed by atoms with Crippen LogP contribution in [-0.2, 0) is 0 Å². The van der Waals surface area contributed by atoms with Crippen LogP contribution in [0.2, 0.25) is 0 Å². The van der Waals surface area contributed by atoms with Crippen molar-refractivity contribution in [2.24, 2.45) is 0 Å². The fourth-order valence-electron chi connectivity index (χ4n) is 1.97. The van der Waals surface area contributed by atoms with Crippen molar-refractivity contribution in [3.05, 3.63) is 11.9 Å². The molecule has 0 aliphatic heterocycles. The van der Waals surface area contributed by atoms with E-state index in [1.54, 1.807) is 0 Å². The van der Waals surface area contributed by atoms with E-state index < -0.39 is 0 Å². The van der Waals surface area contributed by atoms with Crippen molar-refractivity contribution in [1.82, 2.24) is 9.97 Å². The molecule has 0 atom stereocenters. The molecule has 2 rings (SSSR count). The van der Waals surface area contributed by atoms with E-state index in [0.717, 1.165) is 43.4 Å². The van der Waals surface area contributed by atoms with Gasteiger partial charge in [-0.3, -0.25) is 0 Å². The van der Waals surface area contributed by atoms with Gasteiger partial charge >= 0.3 is 0 Å². The van der Waals surface area contributed by atoms with Gasteiger partial charge in [-0.25, -0.2) is 9.97 Å². The molecule has 0 unspecified atom stereocenters. The number of nitrogens with one attached hydrogen (secondary N) is 1. The lowest BCUT2D eigenvalue weighted by Crippen LogP contribution is -2.20. The monoisotopic (exact) mass is 248 g/mol. The summed E-state index contributed by atoms with van der Waals surface area (Å²) >= 11 is 0. The highest BCUT2D eigenvalue weighted by atomic mass is 15.2. The molecule has 4 heteroatoms. The Bertz CT molecular complexity index is 387. The first kappa shape index (κ1) is 13.1. The largest absolute Gasteiger partial charge is 0.370 e. The number of nitrogens with zero attached hydrogens (tertiary/aromatic N) is 3. The first-order valence-electron chi connectivity index (χ1n) is 7.08. The fraction of sp³-hybridized carbons (Fsp3) is 0.714. The highest BCUT2D eigenvalue weighted by Crippen LogP contribution is 2.39. The van der Waals surface area contributed by atoms with Crippen LogP contribution in [-0.4, -0.2) is 30.1 Å². The van der Waals surface area contributed by atoms with Gasteiger partial charge in [-0.1, -0.05) is 13.8 Å². The van der Waals surface area contributed by atoms with Gasteiger partial charge in [-0.15, -0.1) is 0 Å². The molecule has 1 fully saturated rings. The number of anilines is 2. The van der Waals surface area contributed by atoms with Crippen LogP contribution >= 0.6 is 0 Å². The maximum Gasteiger partial charge on any atom is 0.136 e. The van der Waals surface area contributed by atoms with Gasteiger partial charge in [0.05, 0.1) is 0 Å². The van der Waals surface area contributed by atoms with E-state index in [9.17, 15) is 0 Å². The van der Waals surface area contributed by atoms with Crippen molar-refractivity contribution in [3.8, 4) is 0 Å². The Morgan fingerprint density at radius 1 is 1.28 bits per heavy atom. The molecule has 1 aromatic heterocycles. The molecule has 1 N–H and O–H groups in total. The molecule has 0 saturated heterocycles. The minimum atomic E-state index is 0.599. The van der Waals surface area contributed by atoms with Crippen molar-refractivity contribution in [2.45, 2.75) is 45.4 Å². The molecule has 1 aromatic rings. The second kappa shape index (κ2) is 6.03. The summed E-state index contributed by atoms with van der Waals surface area (Å²) in [7, 11) is 2.10. The Balaban J connectivity index is 2.18. The maximum atomic E-state index is 4.70. The van der Waals surface area contributed by atoms with Crippen molar-refractivity contribution < 1.29 is 0 Å². The predicted octanol–water partition coefficient (Wildman–Crippen LogP) is 3.02. The first-order chi connectivity index (χ1) is 8.74. The number of hydrogen-bond donors (Lipinski definition) is 1. The average Bonchev–Trinajstić information content (AvgIpc) is 3.20. The molecule has 4 nitrogen and oxygen atoms in total. The van der Waals surface area contributed by atoms with Crippen LogP contribution in [0.15, 0.2) is 6.07 Å². The molecular weight excluding hydrogens is 224 g/mol. The van der Waals surface area contributed by atoms with E-state index in [1.165, 1.54) is 12.8 Å². The highest BCUT2D eigenvalue weighted by molar-refractivity contribution is 5.49. The SMILES string of the molecule is CCCNc1cc(N(C)CCC)nc(C2CC2)n1. The summed E-state index contributed by atoms with van der Waals surface area (Å²) in [6, 6.07) is 2.07. The molecule has 0 radical (unpaired) electrons. The average molecular weight is 248 g/mol. The molecule has 1 aliphatic carbocycles. The van der Waals surface area contributed by atoms with Crippen LogP contribution in [0.25, 0.3) is 0 Å². The van der Waals surface area contributed by atoms with Gasteiger partial charge in [0, 0.05) is 32.1 Å². The molecule has 100 valence electrons. The molecule has 1 aliphatic rings. The van der Waals surface area contributed by atoms with E-state index in [-0.39, 0.29) is 0 Å². The summed E-state index contributed by atoms with van der Waals surface area (Å²) in [6.07, 6.45) is 4.74. The van der Waals surface area contributed by atoms with E-state index in [1.807, 2.05) is 0 Å². The fourth-order valence-corrected chi connectivity index (χ4v) is 1.97. The van der Waals surface area contributed by atoms with Gasteiger partial charge in [-0.05, 0) is 25.7 Å². The van der Waals surface area contributed by atoms with Crippen molar-refractivity contribution in [2.75, 3.05) is 30.4 Å². The summed E-state index contributed by atoms with van der Waals surface area (Å²) < 4.78 is 0. The second-order valence-corrected chi connectivity index (χ2v) is 5.09. The Hall–Kier alpha value is -1.32. The van der Waals surface area contributed by atoms with E-state index >= 15 is 0 Å². The smallest absolute Gasteiger partial charge is 0.136 e. The van der Waals surface area contributed by atoms with Crippen LogP contribution in [0.3, 0.4) is 0 Å².